The molecular weight excluding hydrogens is 304 g/mol. The fraction of sp³-hybridized carbons (Fsp3) is 0.600. The molecule has 2 aromatic heterocycles. The van der Waals surface area contributed by atoms with Gasteiger partial charge in [0.05, 0.1) is 5.39 Å². The van der Waals surface area contributed by atoms with Gasteiger partial charge in [-0.15, -0.1) is 11.3 Å². The van der Waals surface area contributed by atoms with Gasteiger partial charge in [-0.05, 0) is 64.0 Å². The van der Waals surface area contributed by atoms with E-state index in [1.165, 1.54) is 15.8 Å². The van der Waals surface area contributed by atoms with E-state index < -0.39 is 0 Å². The van der Waals surface area contributed by atoms with Crippen LogP contribution in [0.1, 0.15) is 23.3 Å². The number of thiophene rings is 1. The maximum Gasteiger partial charge on any atom is 0.225 e. The molecule has 1 aliphatic rings. The number of fused-ring (bicyclic) bond motifs is 1. The minimum absolute atomic E-state index is 0.346. The van der Waals surface area contributed by atoms with Crippen LogP contribution >= 0.6 is 22.9 Å². The summed E-state index contributed by atoms with van der Waals surface area (Å²) in [6.07, 6.45) is 2.33. The zero-order valence-electron chi connectivity index (χ0n) is 13.0. The molecule has 1 saturated heterocycles. The predicted molar refractivity (Wildman–Crippen MR) is 90.8 cm³/mol. The number of aromatic nitrogens is 2. The van der Waals surface area contributed by atoms with Crippen LogP contribution in [-0.4, -0.2) is 48.1 Å². The highest BCUT2D eigenvalue weighted by Crippen LogP contribution is 2.36. The van der Waals surface area contributed by atoms with Crippen molar-refractivity contribution in [2.24, 2.45) is 0 Å². The van der Waals surface area contributed by atoms with Crippen LogP contribution in [0.3, 0.4) is 0 Å². The van der Waals surface area contributed by atoms with Crippen molar-refractivity contribution >= 4 is 39.0 Å². The standard InChI is InChI=1S/C15H21ClN4S/c1-9-10(2)21-14-12(9)13(17-15(16)18-14)20(4)11-5-7-19(3)8-6-11/h11H,5-8H2,1-4H3. The van der Waals surface area contributed by atoms with Gasteiger partial charge < -0.3 is 9.80 Å². The molecule has 2 aromatic rings. The number of anilines is 1. The monoisotopic (exact) mass is 324 g/mol. The molecule has 4 nitrogen and oxygen atoms in total. The number of nitrogens with zero attached hydrogens (tertiary/aromatic N) is 4. The van der Waals surface area contributed by atoms with Crippen molar-refractivity contribution in [2.45, 2.75) is 32.7 Å². The number of hydrogen-bond donors (Lipinski definition) is 0. The lowest BCUT2D eigenvalue weighted by atomic mass is 10.0. The Balaban J connectivity index is 2.02. The molecule has 0 unspecified atom stereocenters. The first kappa shape index (κ1) is 15.0. The van der Waals surface area contributed by atoms with E-state index in [1.54, 1.807) is 11.3 Å². The molecule has 0 aliphatic carbocycles. The average Bonchev–Trinajstić information content (AvgIpc) is 2.73. The lowest BCUT2D eigenvalue weighted by molar-refractivity contribution is 0.252. The van der Waals surface area contributed by atoms with Gasteiger partial charge >= 0.3 is 0 Å². The van der Waals surface area contributed by atoms with E-state index in [4.69, 9.17) is 11.6 Å². The van der Waals surface area contributed by atoms with Crippen LogP contribution in [0.25, 0.3) is 10.2 Å². The molecule has 21 heavy (non-hydrogen) atoms. The summed E-state index contributed by atoms with van der Waals surface area (Å²) in [5.74, 6) is 0.987. The molecule has 0 aromatic carbocycles. The first-order valence-electron chi connectivity index (χ1n) is 7.32. The summed E-state index contributed by atoms with van der Waals surface area (Å²) >= 11 is 7.84. The molecule has 6 heteroatoms. The van der Waals surface area contributed by atoms with Crippen molar-refractivity contribution in [3.05, 3.63) is 15.7 Å². The Morgan fingerprint density at radius 3 is 2.57 bits per heavy atom. The summed E-state index contributed by atoms with van der Waals surface area (Å²) in [7, 11) is 4.32. The average molecular weight is 325 g/mol. The van der Waals surface area contributed by atoms with Gasteiger partial charge in [0.15, 0.2) is 0 Å². The number of hydrogen-bond acceptors (Lipinski definition) is 5. The van der Waals surface area contributed by atoms with Gasteiger partial charge in [-0.2, -0.15) is 4.98 Å². The molecule has 0 radical (unpaired) electrons. The van der Waals surface area contributed by atoms with E-state index >= 15 is 0 Å². The van der Waals surface area contributed by atoms with Gasteiger partial charge in [0.2, 0.25) is 5.28 Å². The smallest absolute Gasteiger partial charge is 0.225 e. The van der Waals surface area contributed by atoms with Crippen molar-refractivity contribution in [1.29, 1.82) is 0 Å². The minimum atomic E-state index is 0.346. The third-order valence-corrected chi connectivity index (χ3v) is 5.82. The van der Waals surface area contributed by atoms with Gasteiger partial charge in [0.25, 0.3) is 0 Å². The molecule has 0 amide bonds. The molecule has 3 rings (SSSR count). The van der Waals surface area contributed by atoms with Crippen LogP contribution in [0, 0.1) is 13.8 Å². The molecule has 0 bridgehead atoms. The number of piperidine rings is 1. The highest BCUT2D eigenvalue weighted by molar-refractivity contribution is 7.18. The minimum Gasteiger partial charge on any atom is -0.356 e. The van der Waals surface area contributed by atoms with Crippen molar-refractivity contribution in [3.8, 4) is 0 Å². The van der Waals surface area contributed by atoms with Gasteiger partial charge in [-0.1, -0.05) is 0 Å². The molecule has 0 spiro atoms. The second-order valence-corrected chi connectivity index (χ2v) is 7.47. The fourth-order valence-corrected chi connectivity index (χ4v) is 4.25. The van der Waals surface area contributed by atoms with Crippen LogP contribution in [-0.2, 0) is 0 Å². The Kier molecular flexibility index (Phi) is 4.08. The Labute approximate surface area is 134 Å². The molecule has 3 heterocycles. The topological polar surface area (TPSA) is 32.3 Å². The summed E-state index contributed by atoms with van der Waals surface area (Å²) in [6.45, 7) is 6.56. The van der Waals surface area contributed by atoms with Crippen molar-refractivity contribution in [1.82, 2.24) is 14.9 Å². The number of rotatable bonds is 2. The van der Waals surface area contributed by atoms with Crippen LogP contribution in [0.4, 0.5) is 5.82 Å². The van der Waals surface area contributed by atoms with Gasteiger partial charge in [0, 0.05) is 18.0 Å². The Bertz CT molecular complexity index is 661. The molecule has 114 valence electrons. The van der Waals surface area contributed by atoms with Gasteiger partial charge in [0.1, 0.15) is 10.6 Å². The van der Waals surface area contributed by atoms with Crippen molar-refractivity contribution in [3.63, 3.8) is 0 Å². The van der Waals surface area contributed by atoms with Crippen LogP contribution < -0.4 is 4.90 Å². The lowest BCUT2D eigenvalue weighted by Crippen LogP contribution is -2.42. The molecule has 1 aliphatic heterocycles. The van der Waals surface area contributed by atoms with E-state index in [0.717, 1.165) is 36.6 Å². The third-order valence-electron chi connectivity index (χ3n) is 4.55. The largest absolute Gasteiger partial charge is 0.356 e. The molecule has 0 atom stereocenters. The first-order valence-corrected chi connectivity index (χ1v) is 8.51. The number of aryl methyl sites for hydroxylation is 2. The van der Waals surface area contributed by atoms with Gasteiger partial charge in [-0.25, -0.2) is 4.98 Å². The molecule has 1 fully saturated rings. The highest BCUT2D eigenvalue weighted by atomic mass is 35.5. The van der Waals surface area contributed by atoms with Crippen LogP contribution in [0.2, 0.25) is 5.28 Å². The fourth-order valence-electron chi connectivity index (χ4n) is 3.01. The van der Waals surface area contributed by atoms with E-state index in [-0.39, 0.29) is 0 Å². The molecule has 0 saturated carbocycles. The highest BCUT2D eigenvalue weighted by Gasteiger charge is 2.25. The first-order chi connectivity index (χ1) is 9.97. The van der Waals surface area contributed by atoms with E-state index in [1.807, 2.05) is 0 Å². The van der Waals surface area contributed by atoms with E-state index in [9.17, 15) is 0 Å². The SMILES string of the molecule is Cc1sc2nc(Cl)nc(N(C)C3CCN(C)CC3)c2c1C. The number of likely N-dealkylation sites (tertiary alicyclic amines) is 1. The van der Waals surface area contributed by atoms with Crippen LogP contribution in [0.15, 0.2) is 0 Å². The Morgan fingerprint density at radius 1 is 1.24 bits per heavy atom. The third kappa shape index (κ3) is 2.74. The lowest BCUT2D eigenvalue weighted by Gasteiger charge is -2.36. The van der Waals surface area contributed by atoms with Gasteiger partial charge in [-0.3, -0.25) is 0 Å². The zero-order chi connectivity index (χ0) is 15.1. The second-order valence-electron chi connectivity index (χ2n) is 5.93. The predicted octanol–water partition coefficient (Wildman–Crippen LogP) is 3.49. The summed E-state index contributed by atoms with van der Waals surface area (Å²) in [6, 6.07) is 0.523. The maximum absolute atomic E-state index is 6.14. The van der Waals surface area contributed by atoms with E-state index in [2.05, 4.69) is 47.7 Å². The molecular formula is C15H21ClN4S. The number of halogens is 1. The summed E-state index contributed by atoms with van der Waals surface area (Å²) in [5, 5.41) is 1.52. The van der Waals surface area contributed by atoms with Crippen molar-refractivity contribution in [2.75, 3.05) is 32.1 Å². The normalized spacial score (nSPS) is 17.6. The Hall–Kier alpha value is -0.910. The maximum atomic E-state index is 6.14. The van der Waals surface area contributed by atoms with Crippen molar-refractivity contribution < 1.29 is 0 Å². The summed E-state index contributed by atoms with van der Waals surface area (Å²) < 4.78 is 0. The second kappa shape index (κ2) is 5.71. The van der Waals surface area contributed by atoms with Crippen LogP contribution in [0.5, 0.6) is 0 Å². The summed E-state index contributed by atoms with van der Waals surface area (Å²) in [5.41, 5.74) is 1.28. The quantitative estimate of drug-likeness (QED) is 0.792. The van der Waals surface area contributed by atoms with E-state index in [0.29, 0.717) is 11.3 Å². The Morgan fingerprint density at radius 2 is 1.90 bits per heavy atom. The zero-order valence-corrected chi connectivity index (χ0v) is 14.6. The molecule has 0 N–H and O–H groups in total. The summed E-state index contributed by atoms with van der Waals surface area (Å²) in [4.78, 5) is 15.9.